The molecule has 230 valence electrons. The molecule has 1 heterocycles. The molecule has 0 radical (unpaired) electrons. The third kappa shape index (κ3) is 7.71. The number of hydrogen-bond donors (Lipinski definition) is 4. The van der Waals surface area contributed by atoms with Crippen molar-refractivity contribution < 1.29 is 47.2 Å². The smallest absolute Gasteiger partial charge is 0.481 e. The molecule has 0 spiro atoms. The molecule has 0 aromatic heterocycles. The molecular weight excluding hydrogens is 562 g/mol. The molecule has 1 aliphatic heterocycles. The minimum Gasteiger partial charge on any atom is -0.481 e. The van der Waals surface area contributed by atoms with Gasteiger partial charge in [0.15, 0.2) is 0 Å². The number of carboxylic acids is 1. The molecule has 2 amide bonds. The van der Waals surface area contributed by atoms with Crippen LogP contribution in [0, 0.1) is 11.7 Å². The molecule has 0 bridgehead atoms. The van der Waals surface area contributed by atoms with Crippen molar-refractivity contribution in [1.82, 2.24) is 5.01 Å². The van der Waals surface area contributed by atoms with Crippen LogP contribution in [0.5, 0.6) is 5.75 Å². The fourth-order valence-corrected chi connectivity index (χ4v) is 5.84. The minimum atomic E-state index is -4.87. The number of primary amides is 1. The van der Waals surface area contributed by atoms with Gasteiger partial charge in [-0.2, -0.15) is 0 Å². The second kappa shape index (κ2) is 13.0. The number of aliphatic hydroxyl groups is 2. The average molecular weight is 598 g/mol. The number of carbonyl (C=O) groups is 2. The Morgan fingerprint density at radius 3 is 2.12 bits per heavy atom. The monoisotopic (exact) mass is 597 g/mol. The van der Waals surface area contributed by atoms with Crippen molar-refractivity contribution >= 4 is 17.7 Å². The lowest BCUT2D eigenvalue weighted by atomic mass is 9.74. The van der Waals surface area contributed by atoms with E-state index < -0.39 is 54.1 Å². The van der Waals surface area contributed by atoms with Crippen molar-refractivity contribution in [1.29, 1.82) is 0 Å². The van der Waals surface area contributed by atoms with Gasteiger partial charge < -0.3 is 25.8 Å². The Kier molecular flexibility index (Phi) is 10.1. The molecule has 2 aromatic carbocycles. The first-order valence-electron chi connectivity index (χ1n) is 13.3. The van der Waals surface area contributed by atoms with Gasteiger partial charge in [0.1, 0.15) is 11.6 Å². The highest BCUT2D eigenvalue weighted by Gasteiger charge is 2.52. The van der Waals surface area contributed by atoms with E-state index in [-0.39, 0.29) is 31.6 Å². The summed E-state index contributed by atoms with van der Waals surface area (Å²) in [5, 5.41) is 32.7. The highest BCUT2D eigenvalue weighted by Crippen LogP contribution is 2.49. The summed E-state index contributed by atoms with van der Waals surface area (Å²) >= 11 is 0. The summed E-state index contributed by atoms with van der Waals surface area (Å²) < 4.78 is 56.2. The number of nitrogens with zero attached hydrogens (tertiary/aromatic N) is 2. The standard InChI is InChI=1S/C29H35F4N3O6/c1-17(2)26-18(3)35(27(34)41)36(21-8-6-20(30)7-9-21)28(26,13-12-22(37)14-23(38)15-25(39)40)16-19-4-10-24(11-5-19)42-29(31,32)33/h4-11,17,22-23,37-38H,12-16H2,1-3H3,(H2,34,41)(H,39,40)/t22-,23-,28?/m1/s1. The first-order valence-corrected chi connectivity index (χ1v) is 13.3. The number of nitrogens with two attached hydrogens (primary N) is 1. The summed E-state index contributed by atoms with van der Waals surface area (Å²) in [6.07, 6.45) is -7.78. The van der Waals surface area contributed by atoms with E-state index in [0.29, 0.717) is 16.9 Å². The van der Waals surface area contributed by atoms with Gasteiger partial charge in [0, 0.05) is 12.1 Å². The predicted molar refractivity (Wildman–Crippen MR) is 146 cm³/mol. The first-order chi connectivity index (χ1) is 19.5. The molecule has 3 rings (SSSR count). The van der Waals surface area contributed by atoms with Crippen LogP contribution in [0.2, 0.25) is 0 Å². The van der Waals surface area contributed by atoms with Crippen LogP contribution in [-0.4, -0.2) is 56.4 Å². The number of aliphatic carboxylic acids is 1. The number of benzene rings is 2. The van der Waals surface area contributed by atoms with Gasteiger partial charge in [-0.15, -0.1) is 13.2 Å². The Hall–Kier alpha value is -3.84. The number of hydrogen-bond acceptors (Lipinski definition) is 6. The SMILES string of the molecule is CC1=C(C(C)C)C(CC[C@@H](O)C[C@@H](O)CC(=O)O)(Cc2ccc(OC(F)(F)F)cc2)N(c2ccc(F)cc2)N1C(N)=O. The summed E-state index contributed by atoms with van der Waals surface area (Å²) in [6.45, 7) is 5.49. The van der Waals surface area contributed by atoms with Gasteiger partial charge in [-0.05, 0) is 79.6 Å². The number of amides is 2. The number of ether oxygens (including phenoxy) is 1. The lowest BCUT2D eigenvalue weighted by Crippen LogP contribution is -2.57. The maximum atomic E-state index is 13.9. The molecule has 5 N–H and O–H groups in total. The number of hydrazine groups is 1. The van der Waals surface area contributed by atoms with E-state index in [0.717, 1.165) is 5.57 Å². The number of halogens is 4. The maximum Gasteiger partial charge on any atom is 0.573 e. The average Bonchev–Trinajstić information content (AvgIpc) is 3.11. The van der Waals surface area contributed by atoms with Crippen molar-refractivity contribution in [3.63, 3.8) is 0 Å². The Balaban J connectivity index is 2.14. The summed E-state index contributed by atoms with van der Waals surface area (Å²) in [5.74, 6) is -2.36. The number of carboxylic acid groups (broad SMARTS) is 1. The highest BCUT2D eigenvalue weighted by atomic mass is 19.4. The summed E-state index contributed by atoms with van der Waals surface area (Å²) in [6, 6.07) is 9.77. The van der Waals surface area contributed by atoms with E-state index in [1.54, 1.807) is 11.9 Å². The normalized spacial score (nSPS) is 18.9. The van der Waals surface area contributed by atoms with Crippen molar-refractivity contribution in [2.75, 3.05) is 5.01 Å². The molecule has 0 aliphatic carbocycles. The van der Waals surface area contributed by atoms with Crippen LogP contribution in [0.1, 0.15) is 52.0 Å². The number of aliphatic hydroxyl groups excluding tert-OH is 2. The van der Waals surface area contributed by atoms with Crippen molar-refractivity contribution in [2.45, 2.75) is 77.0 Å². The van der Waals surface area contributed by atoms with E-state index in [1.165, 1.54) is 53.5 Å². The third-order valence-electron chi connectivity index (χ3n) is 7.17. The topological polar surface area (TPSA) is 137 Å². The second-order valence-corrected chi connectivity index (χ2v) is 10.7. The number of rotatable bonds is 12. The van der Waals surface area contributed by atoms with Gasteiger partial charge in [0.25, 0.3) is 0 Å². The highest BCUT2D eigenvalue weighted by molar-refractivity contribution is 5.80. The quantitative estimate of drug-likeness (QED) is 0.250. The number of carbonyl (C=O) groups excluding carboxylic acids is 1. The van der Waals surface area contributed by atoms with E-state index in [2.05, 4.69) is 4.74 Å². The van der Waals surface area contributed by atoms with Crippen LogP contribution in [0.25, 0.3) is 0 Å². The molecule has 42 heavy (non-hydrogen) atoms. The molecular formula is C29H35F4N3O6. The molecule has 13 heteroatoms. The summed E-state index contributed by atoms with van der Waals surface area (Å²) in [4.78, 5) is 23.9. The fourth-order valence-electron chi connectivity index (χ4n) is 5.84. The van der Waals surface area contributed by atoms with Gasteiger partial charge >= 0.3 is 18.4 Å². The van der Waals surface area contributed by atoms with Crippen LogP contribution in [0.15, 0.2) is 59.8 Å². The lowest BCUT2D eigenvalue weighted by molar-refractivity contribution is -0.274. The Labute approximate surface area is 240 Å². The Morgan fingerprint density at radius 2 is 1.62 bits per heavy atom. The maximum absolute atomic E-state index is 13.9. The number of anilines is 1. The van der Waals surface area contributed by atoms with Crippen molar-refractivity contribution in [3.8, 4) is 5.75 Å². The minimum absolute atomic E-state index is 0.0414. The van der Waals surface area contributed by atoms with E-state index in [4.69, 9.17) is 10.8 Å². The van der Waals surface area contributed by atoms with Crippen LogP contribution >= 0.6 is 0 Å². The first kappa shape index (κ1) is 32.7. The van der Waals surface area contributed by atoms with Gasteiger partial charge in [-0.1, -0.05) is 26.0 Å². The van der Waals surface area contributed by atoms with Gasteiger partial charge in [0.05, 0.1) is 29.9 Å². The molecule has 3 atom stereocenters. The van der Waals surface area contributed by atoms with Crippen molar-refractivity contribution in [3.05, 3.63) is 71.2 Å². The van der Waals surface area contributed by atoms with E-state index >= 15 is 0 Å². The number of allylic oxidation sites excluding steroid dienone is 1. The summed E-state index contributed by atoms with van der Waals surface area (Å²) in [5.41, 5.74) is 6.91. The molecule has 9 nitrogen and oxygen atoms in total. The molecule has 1 aliphatic rings. The molecule has 2 aromatic rings. The second-order valence-electron chi connectivity index (χ2n) is 10.7. The molecule has 0 fully saturated rings. The number of urea groups is 1. The Morgan fingerprint density at radius 1 is 1.02 bits per heavy atom. The fraction of sp³-hybridized carbons (Fsp3) is 0.448. The van der Waals surface area contributed by atoms with Gasteiger partial charge in [-0.3, -0.25) is 9.80 Å². The summed E-state index contributed by atoms with van der Waals surface area (Å²) in [7, 11) is 0. The largest absolute Gasteiger partial charge is 0.573 e. The van der Waals surface area contributed by atoms with E-state index in [9.17, 15) is 37.4 Å². The Bertz CT molecular complexity index is 1280. The third-order valence-corrected chi connectivity index (χ3v) is 7.17. The zero-order chi connectivity index (χ0) is 31.4. The zero-order valence-corrected chi connectivity index (χ0v) is 23.4. The van der Waals surface area contributed by atoms with E-state index in [1.807, 2.05) is 13.8 Å². The molecule has 1 unspecified atom stereocenters. The molecule has 0 saturated carbocycles. The van der Waals surface area contributed by atoms with Crippen LogP contribution < -0.4 is 15.5 Å². The van der Waals surface area contributed by atoms with Gasteiger partial charge in [-0.25, -0.2) is 14.2 Å². The predicted octanol–water partition coefficient (Wildman–Crippen LogP) is 5.12. The lowest BCUT2D eigenvalue weighted by Gasteiger charge is -2.46. The van der Waals surface area contributed by atoms with Crippen molar-refractivity contribution in [2.24, 2.45) is 11.7 Å². The van der Waals surface area contributed by atoms with Crippen LogP contribution in [-0.2, 0) is 11.2 Å². The van der Waals surface area contributed by atoms with Crippen LogP contribution in [0.3, 0.4) is 0 Å². The zero-order valence-electron chi connectivity index (χ0n) is 23.4. The van der Waals surface area contributed by atoms with Gasteiger partial charge in [0.2, 0.25) is 0 Å². The molecule has 0 saturated heterocycles. The number of alkyl halides is 3. The van der Waals surface area contributed by atoms with Crippen LogP contribution in [0.4, 0.5) is 28.0 Å².